The van der Waals surface area contributed by atoms with Crippen LogP contribution in [0, 0.1) is 19.8 Å². The largest absolute Gasteiger partial charge is 0.377 e. The molecule has 0 saturated carbocycles. The lowest BCUT2D eigenvalue weighted by atomic mass is 9.76. The second-order valence-corrected chi connectivity index (χ2v) is 7.45. The Morgan fingerprint density at radius 2 is 1.91 bits per heavy atom. The molecule has 0 aromatic heterocycles. The predicted molar refractivity (Wildman–Crippen MR) is 98.7 cm³/mol. The molecular formula is C20H19Cl2N. The normalized spacial score (nSPS) is 25.0. The SMILES string of the molecule is Cc1cc(C)c2c(c1)[C@@H]1C=CC[C@@H]1[C@H](c1cccc(Cl)c1Cl)N2. The average molecular weight is 344 g/mol. The molecule has 1 aliphatic carbocycles. The molecule has 0 radical (unpaired) electrons. The highest BCUT2D eigenvalue weighted by Crippen LogP contribution is 2.52. The van der Waals surface area contributed by atoms with Crippen molar-refractivity contribution in [3.05, 3.63) is 74.8 Å². The number of allylic oxidation sites excluding steroid dienone is 2. The first-order valence-corrected chi connectivity index (χ1v) is 8.80. The van der Waals surface area contributed by atoms with Crippen LogP contribution in [-0.4, -0.2) is 0 Å². The van der Waals surface area contributed by atoms with E-state index >= 15 is 0 Å². The second-order valence-electron chi connectivity index (χ2n) is 6.66. The van der Waals surface area contributed by atoms with Gasteiger partial charge in [0.15, 0.2) is 0 Å². The van der Waals surface area contributed by atoms with E-state index in [0.717, 1.165) is 12.0 Å². The van der Waals surface area contributed by atoms with Crippen LogP contribution in [0.25, 0.3) is 0 Å². The van der Waals surface area contributed by atoms with E-state index in [1.807, 2.05) is 12.1 Å². The van der Waals surface area contributed by atoms with E-state index in [9.17, 15) is 0 Å². The van der Waals surface area contributed by atoms with Gasteiger partial charge >= 0.3 is 0 Å². The van der Waals surface area contributed by atoms with Crippen LogP contribution >= 0.6 is 23.2 Å². The molecule has 1 heterocycles. The van der Waals surface area contributed by atoms with Crippen LogP contribution in [0.4, 0.5) is 5.69 Å². The molecule has 1 nitrogen and oxygen atoms in total. The predicted octanol–water partition coefficient (Wildman–Crippen LogP) is 6.44. The lowest BCUT2D eigenvalue weighted by Crippen LogP contribution is -2.30. The molecule has 0 unspecified atom stereocenters. The third kappa shape index (κ3) is 2.38. The molecule has 3 atom stereocenters. The minimum Gasteiger partial charge on any atom is -0.377 e. The minimum absolute atomic E-state index is 0.190. The highest BCUT2D eigenvalue weighted by Gasteiger charge is 2.39. The summed E-state index contributed by atoms with van der Waals surface area (Å²) in [4.78, 5) is 0. The number of hydrogen-bond donors (Lipinski definition) is 1. The van der Waals surface area contributed by atoms with Crippen molar-refractivity contribution < 1.29 is 0 Å². The van der Waals surface area contributed by atoms with Crippen LogP contribution in [0.2, 0.25) is 10.0 Å². The molecule has 2 aromatic rings. The fourth-order valence-corrected chi connectivity index (χ4v) is 4.57. The van der Waals surface area contributed by atoms with Gasteiger partial charge in [0.05, 0.1) is 16.1 Å². The molecular weight excluding hydrogens is 325 g/mol. The summed E-state index contributed by atoms with van der Waals surface area (Å²) in [5, 5.41) is 5.06. The summed E-state index contributed by atoms with van der Waals surface area (Å²) >= 11 is 12.8. The van der Waals surface area contributed by atoms with E-state index in [1.54, 1.807) is 0 Å². The van der Waals surface area contributed by atoms with E-state index in [4.69, 9.17) is 23.2 Å². The highest BCUT2D eigenvalue weighted by molar-refractivity contribution is 6.42. The Hall–Kier alpha value is -1.44. The van der Waals surface area contributed by atoms with Crippen molar-refractivity contribution in [1.82, 2.24) is 0 Å². The van der Waals surface area contributed by atoms with Gasteiger partial charge in [-0.05, 0) is 48.9 Å². The zero-order valence-corrected chi connectivity index (χ0v) is 14.7. The summed E-state index contributed by atoms with van der Waals surface area (Å²) in [6, 6.07) is 10.7. The summed E-state index contributed by atoms with van der Waals surface area (Å²) in [6.07, 6.45) is 5.72. The van der Waals surface area contributed by atoms with Gasteiger partial charge < -0.3 is 5.32 Å². The molecule has 0 saturated heterocycles. The van der Waals surface area contributed by atoms with Crippen molar-refractivity contribution in [2.45, 2.75) is 32.2 Å². The molecule has 0 amide bonds. The van der Waals surface area contributed by atoms with Gasteiger partial charge in [-0.3, -0.25) is 0 Å². The molecule has 0 spiro atoms. The quantitative estimate of drug-likeness (QED) is 0.587. The molecule has 2 aliphatic rings. The van der Waals surface area contributed by atoms with Crippen molar-refractivity contribution in [2.24, 2.45) is 5.92 Å². The van der Waals surface area contributed by atoms with Crippen LogP contribution in [0.3, 0.4) is 0 Å². The van der Waals surface area contributed by atoms with Crippen LogP contribution in [0.1, 0.15) is 40.6 Å². The number of anilines is 1. The zero-order valence-electron chi connectivity index (χ0n) is 13.2. The van der Waals surface area contributed by atoms with Crippen LogP contribution in [-0.2, 0) is 0 Å². The third-order valence-corrected chi connectivity index (χ3v) is 5.96. The van der Waals surface area contributed by atoms with Crippen molar-refractivity contribution in [2.75, 3.05) is 5.32 Å². The molecule has 3 heteroatoms. The van der Waals surface area contributed by atoms with Crippen molar-refractivity contribution >= 4 is 28.9 Å². The maximum atomic E-state index is 6.52. The van der Waals surface area contributed by atoms with Crippen LogP contribution in [0.15, 0.2) is 42.5 Å². The molecule has 0 fully saturated rings. The van der Waals surface area contributed by atoms with Crippen LogP contribution < -0.4 is 5.32 Å². The lowest BCUT2D eigenvalue weighted by Gasteiger charge is -2.39. The number of halogens is 2. The molecule has 2 aromatic carbocycles. The fourth-order valence-electron chi connectivity index (χ4n) is 4.14. The first kappa shape index (κ1) is 15.1. The van der Waals surface area contributed by atoms with Gasteiger partial charge in [-0.25, -0.2) is 0 Å². The Kier molecular flexibility index (Phi) is 3.66. The number of hydrogen-bond acceptors (Lipinski definition) is 1. The Morgan fingerprint density at radius 1 is 1.09 bits per heavy atom. The lowest BCUT2D eigenvalue weighted by molar-refractivity contribution is 0.425. The topological polar surface area (TPSA) is 12.0 Å². The van der Waals surface area contributed by atoms with Gasteiger partial charge in [0.25, 0.3) is 0 Å². The maximum Gasteiger partial charge on any atom is 0.0645 e. The minimum atomic E-state index is 0.190. The van der Waals surface area contributed by atoms with Crippen molar-refractivity contribution in [3.8, 4) is 0 Å². The van der Waals surface area contributed by atoms with Gasteiger partial charge in [-0.1, -0.05) is 65.2 Å². The second kappa shape index (κ2) is 5.58. The maximum absolute atomic E-state index is 6.52. The molecule has 23 heavy (non-hydrogen) atoms. The van der Waals surface area contributed by atoms with E-state index in [2.05, 4.69) is 49.5 Å². The summed E-state index contributed by atoms with van der Waals surface area (Å²) in [5.74, 6) is 0.935. The van der Waals surface area contributed by atoms with Gasteiger partial charge in [0, 0.05) is 11.6 Å². The molecule has 1 aliphatic heterocycles. The Bertz CT molecular complexity index is 810. The molecule has 118 valence electrons. The molecule has 0 bridgehead atoms. The number of rotatable bonds is 1. The van der Waals surface area contributed by atoms with Crippen molar-refractivity contribution in [1.29, 1.82) is 0 Å². The third-order valence-electron chi connectivity index (χ3n) is 5.13. The first-order chi connectivity index (χ1) is 11.1. The Morgan fingerprint density at radius 3 is 2.74 bits per heavy atom. The Labute approximate surface area is 147 Å². The van der Waals surface area contributed by atoms with Gasteiger partial charge in [-0.15, -0.1) is 0 Å². The van der Waals surface area contributed by atoms with Gasteiger partial charge in [0.1, 0.15) is 0 Å². The number of aryl methyl sites for hydroxylation is 2. The van der Waals surface area contributed by atoms with E-state index in [-0.39, 0.29) is 6.04 Å². The summed E-state index contributed by atoms with van der Waals surface area (Å²) < 4.78 is 0. The van der Waals surface area contributed by atoms with Crippen molar-refractivity contribution in [3.63, 3.8) is 0 Å². The highest BCUT2D eigenvalue weighted by atomic mass is 35.5. The molecule has 1 N–H and O–H groups in total. The fraction of sp³-hybridized carbons (Fsp3) is 0.300. The van der Waals surface area contributed by atoms with E-state index < -0.39 is 0 Å². The summed E-state index contributed by atoms with van der Waals surface area (Å²) in [7, 11) is 0. The van der Waals surface area contributed by atoms with Gasteiger partial charge in [-0.2, -0.15) is 0 Å². The zero-order chi connectivity index (χ0) is 16.1. The molecule has 4 rings (SSSR count). The number of benzene rings is 2. The van der Waals surface area contributed by atoms with Crippen LogP contribution in [0.5, 0.6) is 0 Å². The standard InChI is InChI=1S/C20H19Cl2N/c1-11-9-12(2)19-16(10-11)13-5-3-6-14(13)20(23-19)15-7-4-8-17(21)18(15)22/h3-5,7-10,13-14,20,23H,6H2,1-2H3/t13-,14+,20-/m1/s1. The van der Waals surface area contributed by atoms with Gasteiger partial charge in [0.2, 0.25) is 0 Å². The smallest absolute Gasteiger partial charge is 0.0645 e. The van der Waals surface area contributed by atoms with E-state index in [0.29, 0.717) is 21.9 Å². The number of fused-ring (bicyclic) bond motifs is 3. The van der Waals surface area contributed by atoms with E-state index in [1.165, 1.54) is 22.4 Å². The Balaban J connectivity index is 1.86. The first-order valence-electron chi connectivity index (χ1n) is 8.04. The monoisotopic (exact) mass is 343 g/mol. The summed E-state index contributed by atoms with van der Waals surface area (Å²) in [5.41, 5.74) is 6.38. The number of nitrogens with one attached hydrogen (secondary N) is 1. The summed E-state index contributed by atoms with van der Waals surface area (Å²) in [6.45, 7) is 4.34. The average Bonchev–Trinajstić information content (AvgIpc) is 3.00.